The Balaban J connectivity index is 3.07. The van der Waals surface area contributed by atoms with E-state index in [-0.39, 0.29) is 5.82 Å². The fourth-order valence-corrected chi connectivity index (χ4v) is 0.853. The zero-order valence-electron chi connectivity index (χ0n) is 6.44. The maximum Gasteiger partial charge on any atom is 0.392 e. The van der Waals surface area contributed by atoms with Crippen molar-refractivity contribution in [2.24, 2.45) is 0 Å². The first-order chi connectivity index (χ1) is 5.15. The number of hydrogen-bond donors (Lipinski definition) is 0. The van der Waals surface area contributed by atoms with E-state index in [4.69, 9.17) is 0 Å². The monoisotopic (exact) mass is 155 g/mol. The lowest BCUT2D eigenvalue weighted by atomic mass is 10.4. The average molecular weight is 155 g/mol. The third-order valence-corrected chi connectivity index (χ3v) is 1.42. The van der Waals surface area contributed by atoms with Gasteiger partial charge in [0.05, 0.1) is 23.4 Å². The van der Waals surface area contributed by atoms with E-state index in [2.05, 4.69) is 5.10 Å². The van der Waals surface area contributed by atoms with Crippen molar-refractivity contribution in [1.82, 2.24) is 9.78 Å². The molecule has 0 amide bonds. The number of hydrogen-bond acceptors (Lipinski definition) is 3. The van der Waals surface area contributed by atoms with Gasteiger partial charge in [-0.15, -0.1) is 0 Å². The van der Waals surface area contributed by atoms with Crippen LogP contribution in [0.15, 0.2) is 6.20 Å². The van der Waals surface area contributed by atoms with E-state index in [1.807, 2.05) is 6.92 Å². The van der Waals surface area contributed by atoms with E-state index in [0.717, 1.165) is 0 Å². The summed E-state index contributed by atoms with van der Waals surface area (Å²) in [5.74, 6) is -0.0492. The molecule has 0 saturated heterocycles. The molecule has 1 heterocycles. The van der Waals surface area contributed by atoms with Crippen molar-refractivity contribution in [2.75, 3.05) is 0 Å². The molecule has 0 spiro atoms. The fraction of sp³-hybridized carbons (Fsp3) is 0.500. The number of rotatable bonds is 2. The first kappa shape index (κ1) is 7.71. The molecule has 1 rings (SSSR count). The number of aryl methyl sites for hydroxylation is 2. The zero-order valence-corrected chi connectivity index (χ0v) is 6.44. The SMILES string of the molecule is CCn1cc(C)c([N+](=O)[O-])n1. The van der Waals surface area contributed by atoms with Gasteiger partial charge >= 0.3 is 5.82 Å². The smallest absolute Gasteiger partial charge is 0.358 e. The van der Waals surface area contributed by atoms with E-state index in [0.29, 0.717) is 12.1 Å². The van der Waals surface area contributed by atoms with Crippen LogP contribution in [0.5, 0.6) is 0 Å². The molecule has 5 heteroatoms. The van der Waals surface area contributed by atoms with E-state index in [1.54, 1.807) is 17.8 Å². The molecule has 11 heavy (non-hydrogen) atoms. The molecule has 0 aromatic carbocycles. The minimum absolute atomic E-state index is 0.0492. The van der Waals surface area contributed by atoms with Gasteiger partial charge in [0.2, 0.25) is 0 Å². The van der Waals surface area contributed by atoms with Crippen molar-refractivity contribution in [2.45, 2.75) is 20.4 Å². The molecule has 0 atom stereocenters. The van der Waals surface area contributed by atoms with Gasteiger partial charge in [-0.2, -0.15) is 4.68 Å². The van der Waals surface area contributed by atoms with Gasteiger partial charge in [-0.25, -0.2) is 0 Å². The van der Waals surface area contributed by atoms with Crippen LogP contribution in [0, 0.1) is 17.0 Å². The highest BCUT2D eigenvalue weighted by molar-refractivity contribution is 5.27. The Kier molecular flexibility index (Phi) is 1.89. The van der Waals surface area contributed by atoms with Crippen LogP contribution < -0.4 is 0 Å². The molecular formula is C6H9N3O2. The van der Waals surface area contributed by atoms with Crippen molar-refractivity contribution in [3.8, 4) is 0 Å². The van der Waals surface area contributed by atoms with Crippen LogP contribution in [-0.2, 0) is 6.54 Å². The predicted molar refractivity (Wildman–Crippen MR) is 39.3 cm³/mol. The molecular weight excluding hydrogens is 146 g/mol. The Labute approximate surface area is 63.8 Å². The lowest BCUT2D eigenvalue weighted by molar-refractivity contribution is -0.390. The quantitative estimate of drug-likeness (QED) is 0.475. The number of nitrogens with zero attached hydrogens (tertiary/aromatic N) is 3. The Bertz CT molecular complexity index is 279. The van der Waals surface area contributed by atoms with Crippen molar-refractivity contribution in [3.63, 3.8) is 0 Å². The zero-order chi connectivity index (χ0) is 8.43. The maximum atomic E-state index is 10.3. The third-order valence-electron chi connectivity index (χ3n) is 1.42. The molecule has 0 aliphatic rings. The third kappa shape index (κ3) is 1.36. The Hall–Kier alpha value is -1.39. The van der Waals surface area contributed by atoms with Gasteiger partial charge in [0.15, 0.2) is 0 Å². The topological polar surface area (TPSA) is 61.0 Å². The van der Waals surface area contributed by atoms with Gasteiger partial charge in [0, 0.05) is 0 Å². The summed E-state index contributed by atoms with van der Waals surface area (Å²) in [6.45, 7) is 4.22. The Morgan fingerprint density at radius 3 is 2.73 bits per heavy atom. The molecule has 0 N–H and O–H groups in total. The summed E-state index contributed by atoms with van der Waals surface area (Å²) in [5, 5.41) is 14.0. The van der Waals surface area contributed by atoms with Crippen LogP contribution in [0.4, 0.5) is 5.82 Å². The van der Waals surface area contributed by atoms with Crippen LogP contribution in [0.2, 0.25) is 0 Å². The standard InChI is InChI=1S/C6H9N3O2/c1-3-8-4-5(2)6(7-8)9(10)11/h4H,3H2,1-2H3. The number of aromatic nitrogens is 2. The lowest BCUT2D eigenvalue weighted by Gasteiger charge is -1.85. The van der Waals surface area contributed by atoms with Crippen LogP contribution in [-0.4, -0.2) is 14.7 Å². The normalized spacial score (nSPS) is 10.0. The van der Waals surface area contributed by atoms with E-state index in [1.165, 1.54) is 0 Å². The van der Waals surface area contributed by atoms with Crippen LogP contribution in [0.1, 0.15) is 12.5 Å². The molecule has 60 valence electrons. The highest BCUT2D eigenvalue weighted by Gasteiger charge is 2.15. The van der Waals surface area contributed by atoms with E-state index in [9.17, 15) is 10.1 Å². The van der Waals surface area contributed by atoms with E-state index >= 15 is 0 Å². The summed E-state index contributed by atoms with van der Waals surface area (Å²) >= 11 is 0. The molecule has 0 aliphatic heterocycles. The van der Waals surface area contributed by atoms with Crippen LogP contribution in [0.25, 0.3) is 0 Å². The fourth-order valence-electron chi connectivity index (χ4n) is 0.853. The van der Waals surface area contributed by atoms with Crippen molar-refractivity contribution < 1.29 is 4.92 Å². The summed E-state index contributed by atoms with van der Waals surface area (Å²) in [6.07, 6.45) is 1.66. The van der Waals surface area contributed by atoms with Gasteiger partial charge < -0.3 is 10.1 Å². The summed E-state index contributed by atoms with van der Waals surface area (Å²) < 4.78 is 1.55. The largest absolute Gasteiger partial charge is 0.392 e. The second-order valence-electron chi connectivity index (χ2n) is 2.25. The summed E-state index contributed by atoms with van der Waals surface area (Å²) in [5.41, 5.74) is 0.608. The Morgan fingerprint density at radius 1 is 1.82 bits per heavy atom. The van der Waals surface area contributed by atoms with Gasteiger partial charge in [0.1, 0.15) is 0 Å². The van der Waals surface area contributed by atoms with Crippen LogP contribution >= 0.6 is 0 Å². The van der Waals surface area contributed by atoms with Crippen molar-refractivity contribution >= 4 is 5.82 Å². The second-order valence-corrected chi connectivity index (χ2v) is 2.25. The predicted octanol–water partition coefficient (Wildman–Crippen LogP) is 1.12. The van der Waals surface area contributed by atoms with Gasteiger partial charge in [-0.05, 0) is 18.8 Å². The second kappa shape index (κ2) is 2.69. The number of nitro groups is 1. The van der Waals surface area contributed by atoms with Crippen molar-refractivity contribution in [3.05, 3.63) is 21.9 Å². The first-order valence-corrected chi connectivity index (χ1v) is 3.33. The van der Waals surface area contributed by atoms with Gasteiger partial charge in [-0.3, -0.25) is 0 Å². The maximum absolute atomic E-state index is 10.3. The summed E-state index contributed by atoms with van der Waals surface area (Å²) in [4.78, 5) is 9.81. The molecule has 0 bridgehead atoms. The first-order valence-electron chi connectivity index (χ1n) is 3.33. The average Bonchev–Trinajstić information content (AvgIpc) is 2.30. The minimum atomic E-state index is -0.471. The molecule has 0 fully saturated rings. The van der Waals surface area contributed by atoms with Crippen LogP contribution in [0.3, 0.4) is 0 Å². The molecule has 1 aromatic heterocycles. The van der Waals surface area contributed by atoms with Crippen molar-refractivity contribution in [1.29, 1.82) is 0 Å². The molecule has 0 aliphatic carbocycles. The summed E-state index contributed by atoms with van der Waals surface area (Å²) in [7, 11) is 0. The molecule has 1 aromatic rings. The summed E-state index contributed by atoms with van der Waals surface area (Å²) in [6, 6.07) is 0. The minimum Gasteiger partial charge on any atom is -0.358 e. The molecule has 0 radical (unpaired) electrons. The highest BCUT2D eigenvalue weighted by Crippen LogP contribution is 2.13. The van der Waals surface area contributed by atoms with Gasteiger partial charge in [-0.1, -0.05) is 0 Å². The Morgan fingerprint density at radius 2 is 2.45 bits per heavy atom. The lowest BCUT2D eigenvalue weighted by Crippen LogP contribution is -1.95. The molecule has 0 saturated carbocycles. The molecule has 0 unspecified atom stereocenters. The molecule has 5 nitrogen and oxygen atoms in total. The van der Waals surface area contributed by atoms with Gasteiger partial charge in [0.25, 0.3) is 0 Å². The highest BCUT2D eigenvalue weighted by atomic mass is 16.6. The van der Waals surface area contributed by atoms with E-state index < -0.39 is 4.92 Å².